The van der Waals surface area contributed by atoms with E-state index in [9.17, 15) is 9.59 Å². The van der Waals surface area contributed by atoms with Gasteiger partial charge in [0.05, 0.1) is 18.1 Å². The van der Waals surface area contributed by atoms with Gasteiger partial charge in [-0.1, -0.05) is 59.8 Å². The number of thioether (sulfide) groups is 1. The summed E-state index contributed by atoms with van der Waals surface area (Å²) >= 11 is 2.94. The fourth-order valence-corrected chi connectivity index (χ4v) is 5.35. The fourth-order valence-electron chi connectivity index (χ4n) is 3.41. The molecule has 0 N–H and O–H groups in total. The third kappa shape index (κ3) is 4.40. The second kappa shape index (κ2) is 9.54. The van der Waals surface area contributed by atoms with Crippen LogP contribution >= 0.6 is 23.1 Å². The van der Waals surface area contributed by atoms with Gasteiger partial charge in [-0.3, -0.25) is 9.36 Å². The van der Waals surface area contributed by atoms with Crippen molar-refractivity contribution in [3.8, 4) is 11.1 Å². The van der Waals surface area contributed by atoms with Gasteiger partial charge in [-0.2, -0.15) is 0 Å². The van der Waals surface area contributed by atoms with Crippen LogP contribution in [0, 0.1) is 6.92 Å². The fraction of sp³-hybridized carbons (Fsp3) is 0.160. The molecule has 0 saturated carbocycles. The third-order valence-corrected chi connectivity index (χ3v) is 6.97. The van der Waals surface area contributed by atoms with Crippen LogP contribution < -0.4 is 5.56 Å². The Labute approximate surface area is 194 Å². The summed E-state index contributed by atoms with van der Waals surface area (Å²) in [7, 11) is 1.36. The van der Waals surface area contributed by atoms with Crippen molar-refractivity contribution in [2.45, 2.75) is 24.4 Å². The van der Waals surface area contributed by atoms with Gasteiger partial charge in [-0.05, 0) is 30.2 Å². The van der Waals surface area contributed by atoms with Crippen LogP contribution in [0.15, 0.2) is 76.5 Å². The molecule has 0 bridgehead atoms. The molecule has 32 heavy (non-hydrogen) atoms. The van der Waals surface area contributed by atoms with Crippen LogP contribution in [-0.4, -0.2) is 22.6 Å². The smallest absolute Gasteiger partial charge is 0.337 e. The first kappa shape index (κ1) is 22.0. The SMILES string of the molecule is C=CCn1c(SCc2cccc(C(=O)OC)c2)nc2scc(-c3ccc(C)cc3)c2c1=O. The average molecular weight is 463 g/mol. The van der Waals surface area contributed by atoms with Crippen molar-refractivity contribution < 1.29 is 9.53 Å². The van der Waals surface area contributed by atoms with Gasteiger partial charge in [0.2, 0.25) is 0 Å². The molecule has 0 aliphatic heterocycles. The Hall–Kier alpha value is -3.16. The Morgan fingerprint density at radius 1 is 1.25 bits per heavy atom. The monoisotopic (exact) mass is 462 g/mol. The average Bonchev–Trinajstić information content (AvgIpc) is 3.24. The molecule has 0 saturated heterocycles. The van der Waals surface area contributed by atoms with Gasteiger partial charge in [0, 0.05) is 23.2 Å². The lowest BCUT2D eigenvalue weighted by Gasteiger charge is -2.11. The number of rotatable bonds is 7. The van der Waals surface area contributed by atoms with Crippen molar-refractivity contribution in [3.63, 3.8) is 0 Å². The van der Waals surface area contributed by atoms with Crippen LogP contribution in [0.5, 0.6) is 0 Å². The Balaban J connectivity index is 1.72. The summed E-state index contributed by atoms with van der Waals surface area (Å²) in [4.78, 5) is 30.8. The highest BCUT2D eigenvalue weighted by atomic mass is 32.2. The first-order chi connectivity index (χ1) is 15.5. The van der Waals surface area contributed by atoms with E-state index in [0.29, 0.717) is 28.4 Å². The van der Waals surface area contributed by atoms with Crippen molar-refractivity contribution in [3.05, 3.63) is 93.6 Å². The summed E-state index contributed by atoms with van der Waals surface area (Å²) in [6.45, 7) is 6.22. The molecule has 0 fully saturated rings. The van der Waals surface area contributed by atoms with E-state index in [0.717, 1.165) is 21.5 Å². The topological polar surface area (TPSA) is 61.2 Å². The second-order valence-electron chi connectivity index (χ2n) is 7.28. The number of fused-ring (bicyclic) bond motifs is 1. The Morgan fingerprint density at radius 3 is 2.75 bits per heavy atom. The largest absolute Gasteiger partial charge is 0.465 e. The number of hydrogen-bond acceptors (Lipinski definition) is 6. The molecule has 0 radical (unpaired) electrons. The van der Waals surface area contributed by atoms with E-state index in [2.05, 4.69) is 6.58 Å². The molecule has 162 valence electrons. The van der Waals surface area contributed by atoms with Gasteiger partial charge >= 0.3 is 5.97 Å². The lowest BCUT2D eigenvalue weighted by molar-refractivity contribution is 0.0600. The number of thiophene rings is 1. The molecule has 4 aromatic rings. The maximum atomic E-state index is 13.5. The summed E-state index contributed by atoms with van der Waals surface area (Å²) in [6, 6.07) is 15.4. The maximum Gasteiger partial charge on any atom is 0.337 e. The molecular formula is C25H22N2O3S2. The number of carbonyl (C=O) groups excluding carboxylic acids is 1. The van der Waals surface area contributed by atoms with Gasteiger partial charge in [0.25, 0.3) is 5.56 Å². The molecule has 0 aliphatic rings. The van der Waals surface area contributed by atoms with E-state index in [1.54, 1.807) is 22.8 Å². The summed E-state index contributed by atoms with van der Waals surface area (Å²) in [5, 5.41) is 3.26. The van der Waals surface area contributed by atoms with Crippen molar-refractivity contribution in [1.29, 1.82) is 0 Å². The highest BCUT2D eigenvalue weighted by molar-refractivity contribution is 7.98. The number of methoxy groups -OCH3 is 1. The number of aromatic nitrogens is 2. The first-order valence-electron chi connectivity index (χ1n) is 10.0. The highest BCUT2D eigenvalue weighted by Gasteiger charge is 2.17. The normalized spacial score (nSPS) is 10.9. The van der Waals surface area contributed by atoms with Crippen LogP contribution in [0.1, 0.15) is 21.5 Å². The van der Waals surface area contributed by atoms with Crippen molar-refractivity contribution in [2.75, 3.05) is 7.11 Å². The molecule has 2 aromatic carbocycles. The highest BCUT2D eigenvalue weighted by Crippen LogP contribution is 2.33. The lowest BCUT2D eigenvalue weighted by Crippen LogP contribution is -2.22. The van der Waals surface area contributed by atoms with E-state index >= 15 is 0 Å². The van der Waals surface area contributed by atoms with Gasteiger partial charge in [0.15, 0.2) is 5.16 Å². The maximum absolute atomic E-state index is 13.5. The molecule has 0 unspecified atom stereocenters. The zero-order valence-electron chi connectivity index (χ0n) is 17.8. The summed E-state index contributed by atoms with van der Waals surface area (Å²) in [5.74, 6) is 0.193. The van der Waals surface area contributed by atoms with Crippen molar-refractivity contribution >= 4 is 39.3 Å². The molecule has 0 aliphatic carbocycles. The predicted molar refractivity (Wildman–Crippen MR) is 132 cm³/mol. The molecule has 0 atom stereocenters. The molecule has 4 rings (SSSR count). The lowest BCUT2D eigenvalue weighted by atomic mass is 10.1. The van der Waals surface area contributed by atoms with Gasteiger partial charge < -0.3 is 4.74 Å². The zero-order chi connectivity index (χ0) is 22.7. The Morgan fingerprint density at radius 2 is 2.03 bits per heavy atom. The Kier molecular flexibility index (Phi) is 6.58. The summed E-state index contributed by atoms with van der Waals surface area (Å²) in [6.07, 6.45) is 1.70. The molecular weight excluding hydrogens is 440 g/mol. The van der Waals surface area contributed by atoms with Crippen molar-refractivity contribution in [1.82, 2.24) is 9.55 Å². The first-order valence-corrected chi connectivity index (χ1v) is 11.9. The molecule has 0 spiro atoms. The van der Waals surface area contributed by atoms with Gasteiger partial charge in [0.1, 0.15) is 4.83 Å². The number of benzene rings is 2. The second-order valence-corrected chi connectivity index (χ2v) is 9.08. The van der Waals surface area contributed by atoms with Crippen LogP contribution in [-0.2, 0) is 17.0 Å². The number of esters is 1. The minimum Gasteiger partial charge on any atom is -0.465 e. The van der Waals surface area contributed by atoms with Crippen LogP contribution in [0.2, 0.25) is 0 Å². The van der Waals surface area contributed by atoms with E-state index in [-0.39, 0.29) is 11.5 Å². The minimum absolute atomic E-state index is 0.0717. The molecule has 2 heterocycles. The van der Waals surface area contributed by atoms with E-state index < -0.39 is 0 Å². The zero-order valence-corrected chi connectivity index (χ0v) is 19.5. The number of ether oxygens (including phenoxy) is 1. The number of allylic oxidation sites excluding steroid dienone is 1. The van der Waals surface area contributed by atoms with Crippen LogP contribution in [0.3, 0.4) is 0 Å². The number of carbonyl (C=O) groups is 1. The quantitative estimate of drug-likeness (QED) is 0.153. The van der Waals surface area contributed by atoms with Gasteiger partial charge in [-0.25, -0.2) is 9.78 Å². The van der Waals surface area contributed by atoms with Crippen LogP contribution in [0.4, 0.5) is 0 Å². The Bertz CT molecular complexity index is 1350. The summed E-state index contributed by atoms with van der Waals surface area (Å²) < 4.78 is 6.46. The van der Waals surface area contributed by atoms with Crippen LogP contribution in [0.25, 0.3) is 21.3 Å². The predicted octanol–water partition coefficient (Wildman–Crippen LogP) is 5.70. The number of aryl methyl sites for hydroxylation is 1. The third-order valence-electron chi connectivity index (χ3n) is 5.05. The molecule has 0 amide bonds. The summed E-state index contributed by atoms with van der Waals surface area (Å²) in [5.41, 5.74) is 4.46. The van der Waals surface area contributed by atoms with Gasteiger partial charge in [-0.15, -0.1) is 17.9 Å². The van der Waals surface area contributed by atoms with Crippen molar-refractivity contribution in [2.24, 2.45) is 0 Å². The standard InChI is InChI=1S/C25H22N2O3S2/c1-4-12-27-23(28)21-20(18-10-8-16(2)9-11-18)15-31-22(21)26-25(27)32-14-17-6-5-7-19(13-17)24(29)30-3/h4-11,13,15H,1,12,14H2,2-3H3. The minimum atomic E-state index is -0.373. The van der Waals surface area contributed by atoms with E-state index in [1.807, 2.05) is 48.7 Å². The van der Waals surface area contributed by atoms with E-state index in [1.165, 1.54) is 35.8 Å². The van der Waals surface area contributed by atoms with E-state index in [4.69, 9.17) is 9.72 Å². The number of hydrogen-bond donors (Lipinski definition) is 0. The number of nitrogens with zero attached hydrogens (tertiary/aromatic N) is 2. The molecule has 2 aromatic heterocycles. The molecule has 7 heteroatoms. The molecule has 5 nitrogen and oxygen atoms in total.